The zero-order valence-electron chi connectivity index (χ0n) is 15.2. The molecule has 0 N–H and O–H groups in total. The molecule has 0 aromatic heterocycles. The second-order valence-corrected chi connectivity index (χ2v) is 15.8. The molecule has 0 fully saturated rings. The fraction of sp³-hybridized carbons (Fsp3) is 0.944. The van der Waals surface area contributed by atoms with Crippen molar-refractivity contribution in [1.29, 1.82) is 0 Å². The summed E-state index contributed by atoms with van der Waals surface area (Å²) in [6, 6.07) is 0. The van der Waals surface area contributed by atoms with Gasteiger partial charge in [-0.1, -0.05) is 0 Å². The van der Waals surface area contributed by atoms with Gasteiger partial charge >= 0.3 is 154 Å². The van der Waals surface area contributed by atoms with Crippen LogP contribution < -0.4 is 0 Å². The first-order valence-electron chi connectivity index (χ1n) is 9.52. The zero-order chi connectivity index (χ0) is 17.2. The van der Waals surface area contributed by atoms with Crippen molar-refractivity contribution in [3.8, 4) is 0 Å². The molecule has 0 aromatic rings. The van der Waals surface area contributed by atoms with Crippen LogP contribution in [0.2, 0.25) is 4.44 Å². The van der Waals surface area contributed by atoms with Gasteiger partial charge in [0, 0.05) is 0 Å². The quantitative estimate of drug-likeness (QED) is 0.157. The Bertz CT molecular complexity index is 298. The van der Waals surface area contributed by atoms with Gasteiger partial charge in [0.15, 0.2) is 0 Å². The molecule has 0 amide bonds. The number of carbonyl (C=O) groups excluding carboxylic acids is 1. The molecule has 0 aromatic carbocycles. The van der Waals surface area contributed by atoms with E-state index in [0.717, 1.165) is 23.7 Å². The molecule has 0 saturated carbocycles. The van der Waals surface area contributed by atoms with Crippen LogP contribution in [0.15, 0.2) is 0 Å². The fourth-order valence-corrected chi connectivity index (χ4v) is 9.01. The number of unbranched alkanes of at least 4 members (excludes halogenated alkanes) is 10. The van der Waals surface area contributed by atoms with E-state index in [2.05, 4.69) is 13.8 Å². The van der Waals surface area contributed by atoms with Crippen molar-refractivity contribution in [2.24, 2.45) is 0 Å². The van der Waals surface area contributed by atoms with Crippen molar-refractivity contribution < 1.29 is 12.6 Å². The molecule has 0 radical (unpaired) electrons. The molecule has 0 unspecified atom stereocenters. The molecule has 5 heteroatoms. The summed E-state index contributed by atoms with van der Waals surface area (Å²) >= 11 is -2.57. The maximum absolute atomic E-state index is 11.9. The molecule has 0 atom stereocenters. The third-order valence-electron chi connectivity index (χ3n) is 3.85. The van der Waals surface area contributed by atoms with Crippen molar-refractivity contribution in [3.63, 3.8) is 0 Å². The number of esters is 1. The summed E-state index contributed by atoms with van der Waals surface area (Å²) in [5, 5.41) is 0. The molecule has 0 aliphatic heterocycles. The summed E-state index contributed by atoms with van der Waals surface area (Å²) in [6.45, 7) is 4.95. The molecule has 0 saturated heterocycles. The molecule has 0 aliphatic carbocycles. The minimum absolute atomic E-state index is 0.180. The van der Waals surface area contributed by atoms with Gasteiger partial charge in [-0.05, 0) is 0 Å². The number of ether oxygens (including phenoxy) is 1. The Hall–Kier alpha value is 0.419. The van der Waals surface area contributed by atoms with Crippen molar-refractivity contribution in [1.82, 2.24) is 0 Å². The summed E-state index contributed by atoms with van der Waals surface area (Å²) < 4.78 is 18.0. The predicted octanol–water partition coefficient (Wildman–Crippen LogP) is 5.90. The standard InChI is InChI=1S/C10H20O2S.C8H17.O.Sn/c1-2-3-4-5-6-7-8-12-10(11)9-13;1-3-5-7-8-6-4-2;;/h13H,2-9H2,1H3;1,3-8H2,2H3;;/q;;;+1/p-1. The second kappa shape index (κ2) is 18.8. The molecule has 3 nitrogen and oxygen atoms in total. The molecule has 0 rings (SSSR count). The van der Waals surface area contributed by atoms with Crippen molar-refractivity contribution >= 4 is 33.3 Å². The Labute approximate surface area is 153 Å². The Balaban J connectivity index is 3.35. The van der Waals surface area contributed by atoms with Crippen LogP contribution in [0.25, 0.3) is 0 Å². The number of rotatable bonds is 17. The third kappa shape index (κ3) is 18.6. The SMILES string of the molecule is CCCCCCCCOC(=O)C[S][Sn](=[O])[CH2]CCCCCCC. The molecular weight excluding hydrogens is 415 g/mol. The van der Waals surface area contributed by atoms with Gasteiger partial charge in [0.05, 0.1) is 0 Å². The van der Waals surface area contributed by atoms with Crippen LogP contribution >= 0.6 is 8.95 Å². The molecule has 0 bridgehead atoms. The van der Waals surface area contributed by atoms with Crippen LogP contribution in [0.4, 0.5) is 0 Å². The summed E-state index contributed by atoms with van der Waals surface area (Å²) in [7, 11) is 1.39. The maximum atomic E-state index is 11.9. The molecule has 0 aliphatic rings. The summed E-state index contributed by atoms with van der Waals surface area (Å²) in [5.74, 6) is 0.115. The second-order valence-electron chi connectivity index (χ2n) is 6.17. The van der Waals surface area contributed by atoms with E-state index in [-0.39, 0.29) is 5.97 Å². The van der Waals surface area contributed by atoms with E-state index >= 15 is 0 Å². The van der Waals surface area contributed by atoms with E-state index in [0.29, 0.717) is 12.4 Å². The summed E-state index contributed by atoms with van der Waals surface area (Å²) in [6.07, 6.45) is 14.6. The van der Waals surface area contributed by atoms with Crippen LogP contribution in [0.1, 0.15) is 90.9 Å². The first-order chi connectivity index (χ1) is 11.2. The van der Waals surface area contributed by atoms with Crippen LogP contribution in [-0.4, -0.2) is 36.7 Å². The zero-order valence-corrected chi connectivity index (χ0v) is 18.9. The average molecular weight is 451 g/mol. The van der Waals surface area contributed by atoms with Gasteiger partial charge in [-0.2, -0.15) is 0 Å². The van der Waals surface area contributed by atoms with Crippen molar-refractivity contribution in [3.05, 3.63) is 0 Å². The third-order valence-corrected chi connectivity index (χ3v) is 12.1. The van der Waals surface area contributed by atoms with Gasteiger partial charge in [-0.25, -0.2) is 0 Å². The monoisotopic (exact) mass is 452 g/mol. The predicted molar refractivity (Wildman–Crippen MR) is 101 cm³/mol. The van der Waals surface area contributed by atoms with Gasteiger partial charge in [-0.15, -0.1) is 0 Å². The normalized spacial score (nSPS) is 10.7. The first-order valence-corrected chi connectivity index (χ1v) is 17.2. The fourth-order valence-electron chi connectivity index (χ4n) is 2.37. The van der Waals surface area contributed by atoms with E-state index in [1.165, 1.54) is 66.7 Å². The number of hydrogen-bond acceptors (Lipinski definition) is 4. The van der Waals surface area contributed by atoms with Gasteiger partial charge in [0.2, 0.25) is 0 Å². The van der Waals surface area contributed by atoms with Crippen LogP contribution in [0.5, 0.6) is 0 Å². The Morgan fingerprint density at radius 1 is 0.826 bits per heavy atom. The first kappa shape index (κ1) is 23.4. The average Bonchev–Trinajstić information content (AvgIpc) is 2.55. The van der Waals surface area contributed by atoms with E-state index < -0.39 is 18.4 Å². The number of carbonyl (C=O) groups is 1. The van der Waals surface area contributed by atoms with Crippen molar-refractivity contribution in [2.75, 3.05) is 12.4 Å². The van der Waals surface area contributed by atoms with Crippen LogP contribution in [0.3, 0.4) is 0 Å². The van der Waals surface area contributed by atoms with E-state index in [1.54, 1.807) is 0 Å². The number of hydrogen-bond donors (Lipinski definition) is 0. The van der Waals surface area contributed by atoms with Crippen molar-refractivity contribution in [2.45, 2.75) is 95.3 Å². The van der Waals surface area contributed by atoms with Gasteiger partial charge in [0.25, 0.3) is 0 Å². The minimum atomic E-state index is -2.57. The van der Waals surface area contributed by atoms with Crippen LogP contribution in [-0.2, 0) is 12.6 Å². The van der Waals surface area contributed by atoms with Gasteiger partial charge in [0.1, 0.15) is 0 Å². The Kier molecular flexibility index (Phi) is 19.1. The molecule has 0 heterocycles. The van der Waals surface area contributed by atoms with E-state index in [9.17, 15) is 7.87 Å². The summed E-state index contributed by atoms with van der Waals surface area (Å²) in [5.41, 5.74) is 0. The molecule has 136 valence electrons. The Morgan fingerprint density at radius 2 is 1.35 bits per heavy atom. The van der Waals surface area contributed by atoms with Gasteiger partial charge in [-0.3, -0.25) is 0 Å². The van der Waals surface area contributed by atoms with E-state index in [4.69, 9.17) is 4.74 Å². The molecule has 23 heavy (non-hydrogen) atoms. The van der Waals surface area contributed by atoms with Gasteiger partial charge < -0.3 is 0 Å². The topological polar surface area (TPSA) is 43.4 Å². The summed E-state index contributed by atoms with van der Waals surface area (Å²) in [4.78, 5) is 11.6. The molecule has 0 spiro atoms. The van der Waals surface area contributed by atoms with E-state index in [1.807, 2.05) is 0 Å². The Morgan fingerprint density at radius 3 is 1.96 bits per heavy atom. The molecular formula is C18H36O3SSn. The van der Waals surface area contributed by atoms with Crippen LogP contribution in [0, 0.1) is 0 Å².